The van der Waals surface area contributed by atoms with Crippen molar-refractivity contribution in [2.45, 2.75) is 6.92 Å². The van der Waals surface area contributed by atoms with E-state index in [1.54, 1.807) is 6.07 Å². The first-order valence-corrected chi connectivity index (χ1v) is 5.94. The van der Waals surface area contributed by atoms with E-state index in [1.807, 2.05) is 6.92 Å². The van der Waals surface area contributed by atoms with Gasteiger partial charge in [-0.15, -0.1) is 0 Å². The molecular weight excluding hydrogens is 246 g/mol. The molecule has 1 aromatic carbocycles. The van der Waals surface area contributed by atoms with Gasteiger partial charge >= 0.3 is 5.97 Å². The Hall–Kier alpha value is -2.21. The zero-order valence-corrected chi connectivity index (χ0v) is 10.5. The number of rotatable bonds is 5. The van der Waals surface area contributed by atoms with Crippen LogP contribution in [0.2, 0.25) is 0 Å². The summed E-state index contributed by atoms with van der Waals surface area (Å²) in [5.41, 5.74) is 0.773. The predicted octanol–water partition coefficient (Wildman–Crippen LogP) is 1.37. The number of carboxylic acid groups (broad SMARTS) is 1. The molecule has 0 saturated carbocycles. The summed E-state index contributed by atoms with van der Waals surface area (Å²) in [6.45, 7) is 2.60. The number of aromatic nitrogens is 2. The Morgan fingerprint density at radius 2 is 2.21 bits per heavy atom. The molecule has 6 heteroatoms. The van der Waals surface area contributed by atoms with Crippen molar-refractivity contribution in [2.75, 3.05) is 18.5 Å². The quantitative estimate of drug-likeness (QED) is 0.752. The summed E-state index contributed by atoms with van der Waals surface area (Å²) < 4.78 is 0. The maximum absolute atomic E-state index is 10.9. The number of anilines is 1. The van der Waals surface area contributed by atoms with E-state index in [9.17, 15) is 4.79 Å². The van der Waals surface area contributed by atoms with Crippen LogP contribution in [0.5, 0.6) is 0 Å². The number of aliphatic hydroxyl groups excluding tert-OH is 1. The number of nitrogens with one attached hydrogen (secondary N) is 1. The molecule has 0 saturated heterocycles. The first kappa shape index (κ1) is 13.2. The molecule has 3 N–H and O–H groups in total. The SMILES string of the molecule is CC(CO)CNc1ncnc2cc(C(=O)O)ccc12. The van der Waals surface area contributed by atoms with Crippen LogP contribution in [0.4, 0.5) is 5.82 Å². The van der Waals surface area contributed by atoms with E-state index in [-0.39, 0.29) is 18.1 Å². The molecule has 0 amide bonds. The van der Waals surface area contributed by atoms with E-state index in [1.165, 1.54) is 18.5 Å². The second-order valence-electron chi connectivity index (χ2n) is 4.43. The van der Waals surface area contributed by atoms with Gasteiger partial charge in [0.2, 0.25) is 0 Å². The second kappa shape index (κ2) is 5.62. The molecule has 1 atom stereocenters. The molecule has 100 valence electrons. The minimum atomic E-state index is -0.982. The first-order chi connectivity index (χ1) is 9.11. The van der Waals surface area contributed by atoms with Crippen LogP contribution in [0.15, 0.2) is 24.5 Å². The zero-order chi connectivity index (χ0) is 13.8. The lowest BCUT2D eigenvalue weighted by molar-refractivity contribution is 0.0697. The Morgan fingerprint density at radius 1 is 1.42 bits per heavy atom. The first-order valence-electron chi connectivity index (χ1n) is 5.94. The van der Waals surface area contributed by atoms with Crippen molar-refractivity contribution in [3.63, 3.8) is 0 Å². The van der Waals surface area contributed by atoms with Crippen LogP contribution in [0.1, 0.15) is 17.3 Å². The van der Waals surface area contributed by atoms with E-state index in [0.29, 0.717) is 17.9 Å². The molecule has 2 aromatic rings. The summed E-state index contributed by atoms with van der Waals surface area (Å²) in [5.74, 6) is -0.227. The van der Waals surface area contributed by atoms with Crippen LogP contribution in [0.25, 0.3) is 10.9 Å². The minimum absolute atomic E-state index is 0.0964. The van der Waals surface area contributed by atoms with E-state index < -0.39 is 5.97 Å². The number of hydrogen-bond acceptors (Lipinski definition) is 5. The standard InChI is InChI=1S/C13H15N3O3/c1-8(6-17)5-14-12-10-3-2-9(13(18)19)4-11(10)15-7-16-12/h2-4,7-8,17H,5-6H2,1H3,(H,18,19)(H,14,15,16). The number of aromatic carboxylic acids is 1. The third kappa shape index (κ3) is 2.97. The van der Waals surface area contributed by atoms with Gasteiger partial charge in [-0.1, -0.05) is 6.92 Å². The topological polar surface area (TPSA) is 95.3 Å². The molecule has 0 spiro atoms. The van der Waals surface area contributed by atoms with Crippen molar-refractivity contribution in [1.82, 2.24) is 9.97 Å². The highest BCUT2D eigenvalue weighted by Gasteiger charge is 2.08. The molecule has 1 heterocycles. The number of benzene rings is 1. The minimum Gasteiger partial charge on any atom is -0.478 e. The third-order valence-electron chi connectivity index (χ3n) is 2.81. The Morgan fingerprint density at radius 3 is 2.89 bits per heavy atom. The van der Waals surface area contributed by atoms with Crippen LogP contribution < -0.4 is 5.32 Å². The molecular formula is C13H15N3O3. The van der Waals surface area contributed by atoms with Crippen LogP contribution in [0.3, 0.4) is 0 Å². The van der Waals surface area contributed by atoms with Crippen molar-refractivity contribution in [3.05, 3.63) is 30.1 Å². The normalized spacial score (nSPS) is 12.3. The fourth-order valence-electron chi connectivity index (χ4n) is 1.67. The average molecular weight is 261 g/mol. The smallest absolute Gasteiger partial charge is 0.335 e. The maximum Gasteiger partial charge on any atom is 0.335 e. The Kier molecular flexibility index (Phi) is 3.91. The fourth-order valence-corrected chi connectivity index (χ4v) is 1.67. The van der Waals surface area contributed by atoms with Crippen LogP contribution in [0, 0.1) is 5.92 Å². The number of carboxylic acids is 1. The Bertz CT molecular complexity index is 601. The number of aliphatic hydroxyl groups is 1. The third-order valence-corrected chi connectivity index (χ3v) is 2.81. The monoisotopic (exact) mass is 261 g/mol. The number of nitrogens with zero attached hydrogens (tertiary/aromatic N) is 2. The summed E-state index contributed by atoms with van der Waals surface area (Å²) >= 11 is 0. The zero-order valence-electron chi connectivity index (χ0n) is 10.5. The molecule has 0 aliphatic rings. The summed E-state index contributed by atoms with van der Waals surface area (Å²) in [4.78, 5) is 19.1. The number of fused-ring (bicyclic) bond motifs is 1. The number of carbonyl (C=O) groups is 1. The highest BCUT2D eigenvalue weighted by molar-refractivity contribution is 5.96. The van der Waals surface area contributed by atoms with Gasteiger partial charge in [0.25, 0.3) is 0 Å². The van der Waals surface area contributed by atoms with Crippen LogP contribution in [-0.2, 0) is 0 Å². The van der Waals surface area contributed by atoms with Gasteiger partial charge in [-0.2, -0.15) is 0 Å². The molecule has 0 bridgehead atoms. The molecule has 0 fully saturated rings. The van der Waals surface area contributed by atoms with E-state index in [0.717, 1.165) is 5.39 Å². The van der Waals surface area contributed by atoms with Gasteiger partial charge in [0.15, 0.2) is 0 Å². The fraction of sp³-hybridized carbons (Fsp3) is 0.308. The lowest BCUT2D eigenvalue weighted by Gasteiger charge is -2.11. The number of hydrogen-bond donors (Lipinski definition) is 3. The summed E-state index contributed by atoms with van der Waals surface area (Å²) in [7, 11) is 0. The van der Waals surface area contributed by atoms with E-state index in [2.05, 4.69) is 15.3 Å². The lowest BCUT2D eigenvalue weighted by Crippen LogP contribution is -2.15. The highest BCUT2D eigenvalue weighted by Crippen LogP contribution is 2.20. The predicted molar refractivity (Wildman–Crippen MR) is 71.2 cm³/mol. The van der Waals surface area contributed by atoms with Crippen LogP contribution in [-0.4, -0.2) is 39.3 Å². The highest BCUT2D eigenvalue weighted by atomic mass is 16.4. The van der Waals surface area contributed by atoms with Gasteiger partial charge in [-0.05, 0) is 24.1 Å². The maximum atomic E-state index is 10.9. The summed E-state index contributed by atoms with van der Waals surface area (Å²) in [6.07, 6.45) is 1.39. The van der Waals surface area contributed by atoms with Gasteiger partial charge < -0.3 is 15.5 Å². The van der Waals surface area contributed by atoms with Crippen molar-refractivity contribution >= 4 is 22.7 Å². The van der Waals surface area contributed by atoms with Crippen molar-refractivity contribution in [3.8, 4) is 0 Å². The van der Waals surface area contributed by atoms with Crippen molar-refractivity contribution in [1.29, 1.82) is 0 Å². The molecule has 19 heavy (non-hydrogen) atoms. The Balaban J connectivity index is 2.32. The molecule has 1 aromatic heterocycles. The summed E-state index contributed by atoms with van der Waals surface area (Å²) in [6, 6.07) is 4.72. The molecule has 1 unspecified atom stereocenters. The summed E-state index contributed by atoms with van der Waals surface area (Å²) in [5, 5.41) is 21.8. The van der Waals surface area contributed by atoms with E-state index in [4.69, 9.17) is 10.2 Å². The van der Waals surface area contributed by atoms with Gasteiger partial charge in [0, 0.05) is 18.5 Å². The van der Waals surface area contributed by atoms with Crippen molar-refractivity contribution in [2.24, 2.45) is 5.92 Å². The van der Waals surface area contributed by atoms with Gasteiger partial charge in [-0.3, -0.25) is 0 Å². The molecule has 6 nitrogen and oxygen atoms in total. The molecule has 0 aliphatic heterocycles. The average Bonchev–Trinajstić information content (AvgIpc) is 2.43. The van der Waals surface area contributed by atoms with Crippen molar-refractivity contribution < 1.29 is 15.0 Å². The lowest BCUT2D eigenvalue weighted by atomic mass is 10.1. The van der Waals surface area contributed by atoms with E-state index >= 15 is 0 Å². The van der Waals surface area contributed by atoms with Gasteiger partial charge in [-0.25, -0.2) is 14.8 Å². The second-order valence-corrected chi connectivity index (χ2v) is 4.43. The van der Waals surface area contributed by atoms with Gasteiger partial charge in [0.05, 0.1) is 11.1 Å². The van der Waals surface area contributed by atoms with Crippen LogP contribution >= 0.6 is 0 Å². The molecule has 2 rings (SSSR count). The Labute approximate surface area is 110 Å². The molecule has 0 radical (unpaired) electrons. The molecule has 0 aliphatic carbocycles. The van der Waals surface area contributed by atoms with Gasteiger partial charge in [0.1, 0.15) is 12.1 Å². The largest absolute Gasteiger partial charge is 0.478 e.